The van der Waals surface area contributed by atoms with Gasteiger partial charge in [-0.1, -0.05) is 5.21 Å². The van der Waals surface area contributed by atoms with Crippen LogP contribution in [0, 0.1) is 0 Å². The zero-order valence-corrected chi connectivity index (χ0v) is 8.02. The SMILES string of the molecule is NCCC(=O)NCCCn1ccnn1. The van der Waals surface area contributed by atoms with Crippen LogP contribution < -0.4 is 11.1 Å². The lowest BCUT2D eigenvalue weighted by Gasteiger charge is -2.03. The highest BCUT2D eigenvalue weighted by atomic mass is 16.1. The summed E-state index contributed by atoms with van der Waals surface area (Å²) >= 11 is 0. The minimum absolute atomic E-state index is 0.00564. The predicted molar refractivity (Wildman–Crippen MR) is 51.3 cm³/mol. The van der Waals surface area contributed by atoms with Gasteiger partial charge >= 0.3 is 0 Å². The van der Waals surface area contributed by atoms with Crippen LogP contribution in [0.2, 0.25) is 0 Å². The quantitative estimate of drug-likeness (QED) is 0.581. The van der Waals surface area contributed by atoms with Crippen LogP contribution in [0.1, 0.15) is 12.8 Å². The monoisotopic (exact) mass is 197 g/mol. The summed E-state index contributed by atoms with van der Waals surface area (Å²) in [5, 5.41) is 10.2. The summed E-state index contributed by atoms with van der Waals surface area (Å²) in [7, 11) is 0. The Morgan fingerprint density at radius 2 is 2.43 bits per heavy atom. The summed E-state index contributed by atoms with van der Waals surface area (Å²) < 4.78 is 1.73. The minimum Gasteiger partial charge on any atom is -0.356 e. The molecule has 0 fully saturated rings. The number of rotatable bonds is 6. The fourth-order valence-corrected chi connectivity index (χ4v) is 1.04. The smallest absolute Gasteiger partial charge is 0.221 e. The molecule has 1 amide bonds. The van der Waals surface area contributed by atoms with Crippen molar-refractivity contribution in [3.8, 4) is 0 Å². The first-order valence-electron chi connectivity index (χ1n) is 4.64. The van der Waals surface area contributed by atoms with Gasteiger partial charge in [0, 0.05) is 32.3 Å². The number of amides is 1. The van der Waals surface area contributed by atoms with Crippen LogP contribution in [0.3, 0.4) is 0 Å². The lowest BCUT2D eigenvalue weighted by molar-refractivity contribution is -0.120. The second-order valence-electron chi connectivity index (χ2n) is 2.91. The second kappa shape index (κ2) is 6.09. The van der Waals surface area contributed by atoms with E-state index in [1.807, 2.05) is 0 Å². The molecule has 0 saturated heterocycles. The van der Waals surface area contributed by atoms with Crippen molar-refractivity contribution in [1.29, 1.82) is 0 Å². The van der Waals surface area contributed by atoms with E-state index in [0.29, 0.717) is 19.5 Å². The van der Waals surface area contributed by atoms with Gasteiger partial charge in [-0.05, 0) is 6.42 Å². The Hall–Kier alpha value is -1.43. The molecule has 1 rings (SSSR count). The largest absolute Gasteiger partial charge is 0.356 e. The number of carbonyl (C=O) groups is 1. The summed E-state index contributed by atoms with van der Waals surface area (Å²) in [6.07, 6.45) is 4.66. The molecule has 0 radical (unpaired) electrons. The third kappa shape index (κ3) is 3.99. The lowest BCUT2D eigenvalue weighted by Crippen LogP contribution is -2.27. The van der Waals surface area contributed by atoms with Crippen LogP contribution in [0.15, 0.2) is 12.4 Å². The Labute approximate surface area is 82.5 Å². The summed E-state index contributed by atoms with van der Waals surface area (Å²) in [4.78, 5) is 11.0. The molecule has 0 unspecified atom stereocenters. The van der Waals surface area contributed by atoms with Crippen molar-refractivity contribution in [2.45, 2.75) is 19.4 Å². The topological polar surface area (TPSA) is 85.8 Å². The van der Waals surface area contributed by atoms with E-state index in [0.717, 1.165) is 13.0 Å². The number of nitrogens with zero attached hydrogens (tertiary/aromatic N) is 3. The molecule has 6 nitrogen and oxygen atoms in total. The molecule has 0 aliphatic heterocycles. The van der Waals surface area contributed by atoms with Crippen molar-refractivity contribution in [2.24, 2.45) is 5.73 Å². The highest BCUT2D eigenvalue weighted by Gasteiger charge is 1.97. The first kappa shape index (κ1) is 10.6. The van der Waals surface area contributed by atoms with Crippen LogP contribution in [-0.4, -0.2) is 34.0 Å². The number of aryl methyl sites for hydroxylation is 1. The van der Waals surface area contributed by atoms with Crippen LogP contribution >= 0.6 is 0 Å². The first-order chi connectivity index (χ1) is 6.83. The van der Waals surface area contributed by atoms with E-state index in [1.54, 1.807) is 17.1 Å². The Balaban J connectivity index is 2.02. The minimum atomic E-state index is 0.00564. The Morgan fingerprint density at radius 1 is 1.57 bits per heavy atom. The van der Waals surface area contributed by atoms with E-state index < -0.39 is 0 Å². The average Bonchev–Trinajstić information content (AvgIpc) is 2.65. The molecule has 3 N–H and O–H groups in total. The van der Waals surface area contributed by atoms with E-state index >= 15 is 0 Å². The van der Waals surface area contributed by atoms with E-state index in [4.69, 9.17) is 5.73 Å². The van der Waals surface area contributed by atoms with E-state index in [1.165, 1.54) is 0 Å². The van der Waals surface area contributed by atoms with Crippen molar-refractivity contribution < 1.29 is 4.79 Å². The number of nitrogens with two attached hydrogens (primary N) is 1. The highest BCUT2D eigenvalue weighted by Crippen LogP contribution is 1.86. The summed E-state index contributed by atoms with van der Waals surface area (Å²) in [6, 6.07) is 0. The molecule has 0 aliphatic carbocycles. The number of hydrogen-bond acceptors (Lipinski definition) is 4. The molecule has 6 heteroatoms. The third-order valence-electron chi connectivity index (χ3n) is 1.73. The summed E-state index contributed by atoms with van der Waals surface area (Å²) in [5.74, 6) is 0.00564. The Bertz CT molecular complexity index is 259. The van der Waals surface area contributed by atoms with Gasteiger partial charge in [-0.25, -0.2) is 0 Å². The van der Waals surface area contributed by atoms with Gasteiger partial charge in [-0.15, -0.1) is 5.10 Å². The fourth-order valence-electron chi connectivity index (χ4n) is 1.04. The predicted octanol–water partition coefficient (Wildman–Crippen LogP) is -0.867. The molecular weight excluding hydrogens is 182 g/mol. The van der Waals surface area contributed by atoms with Gasteiger partial charge in [0.2, 0.25) is 5.91 Å². The maximum atomic E-state index is 11.0. The molecule has 0 bridgehead atoms. The molecular formula is C8H15N5O. The van der Waals surface area contributed by atoms with Gasteiger partial charge in [0.15, 0.2) is 0 Å². The molecule has 1 heterocycles. The van der Waals surface area contributed by atoms with Crippen LogP contribution in [0.5, 0.6) is 0 Å². The Kier molecular flexibility index (Phi) is 4.63. The molecule has 0 aliphatic rings. The van der Waals surface area contributed by atoms with Gasteiger partial charge in [-0.2, -0.15) is 0 Å². The molecule has 14 heavy (non-hydrogen) atoms. The average molecular weight is 197 g/mol. The van der Waals surface area contributed by atoms with Crippen LogP contribution in [0.4, 0.5) is 0 Å². The third-order valence-corrected chi connectivity index (χ3v) is 1.73. The fraction of sp³-hybridized carbons (Fsp3) is 0.625. The van der Waals surface area contributed by atoms with Crippen molar-refractivity contribution >= 4 is 5.91 Å². The van der Waals surface area contributed by atoms with Crippen molar-refractivity contribution in [2.75, 3.05) is 13.1 Å². The molecule has 78 valence electrons. The van der Waals surface area contributed by atoms with Crippen LogP contribution in [-0.2, 0) is 11.3 Å². The van der Waals surface area contributed by atoms with Gasteiger partial charge in [-0.3, -0.25) is 9.48 Å². The normalized spacial score (nSPS) is 10.1. The van der Waals surface area contributed by atoms with E-state index in [2.05, 4.69) is 15.6 Å². The molecule has 0 saturated carbocycles. The zero-order valence-electron chi connectivity index (χ0n) is 8.02. The molecule has 0 atom stereocenters. The second-order valence-corrected chi connectivity index (χ2v) is 2.91. The lowest BCUT2D eigenvalue weighted by atomic mass is 10.3. The Morgan fingerprint density at radius 3 is 3.07 bits per heavy atom. The maximum absolute atomic E-state index is 11.0. The van der Waals surface area contributed by atoms with E-state index in [-0.39, 0.29) is 5.91 Å². The van der Waals surface area contributed by atoms with E-state index in [9.17, 15) is 4.79 Å². The summed E-state index contributed by atoms with van der Waals surface area (Å²) in [5.41, 5.74) is 5.23. The number of hydrogen-bond donors (Lipinski definition) is 2. The standard InChI is InChI=1S/C8H15N5O/c9-3-2-8(14)10-4-1-6-13-7-5-11-12-13/h5,7H,1-4,6,9H2,(H,10,14). The molecule has 0 aromatic carbocycles. The van der Waals surface area contributed by atoms with Crippen molar-refractivity contribution in [3.05, 3.63) is 12.4 Å². The molecule has 1 aromatic rings. The van der Waals surface area contributed by atoms with Gasteiger partial charge < -0.3 is 11.1 Å². The van der Waals surface area contributed by atoms with Crippen molar-refractivity contribution in [1.82, 2.24) is 20.3 Å². The highest BCUT2D eigenvalue weighted by molar-refractivity contribution is 5.75. The van der Waals surface area contributed by atoms with Gasteiger partial charge in [0.1, 0.15) is 0 Å². The van der Waals surface area contributed by atoms with Gasteiger partial charge in [0.25, 0.3) is 0 Å². The number of aromatic nitrogens is 3. The first-order valence-corrected chi connectivity index (χ1v) is 4.64. The molecule has 0 spiro atoms. The number of carbonyl (C=O) groups excluding carboxylic acids is 1. The zero-order chi connectivity index (χ0) is 10.2. The molecule has 1 aromatic heterocycles. The number of nitrogens with one attached hydrogen (secondary N) is 1. The maximum Gasteiger partial charge on any atom is 0.221 e. The van der Waals surface area contributed by atoms with Crippen LogP contribution in [0.25, 0.3) is 0 Å². The van der Waals surface area contributed by atoms with Crippen molar-refractivity contribution in [3.63, 3.8) is 0 Å². The van der Waals surface area contributed by atoms with Gasteiger partial charge in [0.05, 0.1) is 6.20 Å². The summed E-state index contributed by atoms with van der Waals surface area (Å²) in [6.45, 7) is 1.82.